The maximum Gasteiger partial charge on any atom is 0.237 e. The van der Waals surface area contributed by atoms with Crippen LogP contribution in [0.25, 0.3) is 0 Å². The second-order valence-electron chi connectivity index (χ2n) is 4.98. The minimum Gasteiger partial charge on any atom is -0.492 e. The second-order valence-corrected chi connectivity index (χ2v) is 6.43. The molecule has 0 saturated carbocycles. The van der Waals surface area contributed by atoms with Crippen molar-refractivity contribution in [3.63, 3.8) is 0 Å². The fourth-order valence-corrected chi connectivity index (χ4v) is 2.68. The number of anilines is 1. The normalized spacial score (nSPS) is 11.7. The number of carbonyl (C=O) groups excluding carboxylic acids is 1. The van der Waals surface area contributed by atoms with Crippen molar-refractivity contribution in [1.29, 1.82) is 0 Å². The van der Waals surface area contributed by atoms with Gasteiger partial charge in [-0.3, -0.25) is 4.79 Å². The Morgan fingerprint density at radius 1 is 1.14 bits per heavy atom. The maximum absolute atomic E-state index is 12.1. The van der Waals surface area contributed by atoms with Gasteiger partial charge >= 0.3 is 0 Å². The molecule has 1 amide bonds. The molecule has 2 aromatic carbocycles. The van der Waals surface area contributed by atoms with E-state index in [0.29, 0.717) is 6.61 Å². The number of ether oxygens (including phenoxy) is 1. The topological polar surface area (TPSA) is 38.3 Å². The molecule has 116 valence electrons. The SMILES string of the molecule is Cc1ccccc1OCCSC(C)C(=O)Nc1ccccc1. The zero-order valence-electron chi connectivity index (χ0n) is 12.9. The summed E-state index contributed by atoms with van der Waals surface area (Å²) in [7, 11) is 0. The summed E-state index contributed by atoms with van der Waals surface area (Å²) in [5.74, 6) is 1.70. The highest BCUT2D eigenvalue weighted by Crippen LogP contribution is 2.18. The first-order chi connectivity index (χ1) is 10.7. The van der Waals surface area contributed by atoms with Gasteiger partial charge in [0, 0.05) is 11.4 Å². The minimum atomic E-state index is -0.110. The smallest absolute Gasteiger partial charge is 0.237 e. The van der Waals surface area contributed by atoms with Crippen molar-refractivity contribution in [2.24, 2.45) is 0 Å². The van der Waals surface area contributed by atoms with Crippen molar-refractivity contribution in [3.8, 4) is 5.75 Å². The molecule has 22 heavy (non-hydrogen) atoms. The Morgan fingerprint density at radius 3 is 2.55 bits per heavy atom. The molecule has 0 aliphatic heterocycles. The first kappa shape index (κ1) is 16.4. The fraction of sp³-hybridized carbons (Fsp3) is 0.278. The van der Waals surface area contributed by atoms with E-state index in [1.807, 2.05) is 68.4 Å². The highest BCUT2D eigenvalue weighted by molar-refractivity contribution is 8.00. The van der Waals surface area contributed by atoms with Gasteiger partial charge in [0.25, 0.3) is 0 Å². The molecule has 1 unspecified atom stereocenters. The molecule has 0 radical (unpaired) electrons. The average Bonchev–Trinajstić information content (AvgIpc) is 2.53. The van der Waals surface area contributed by atoms with E-state index >= 15 is 0 Å². The van der Waals surface area contributed by atoms with Crippen LogP contribution >= 0.6 is 11.8 Å². The van der Waals surface area contributed by atoms with Crippen LogP contribution in [0, 0.1) is 6.92 Å². The third-order valence-corrected chi connectivity index (χ3v) is 4.33. The van der Waals surface area contributed by atoms with Gasteiger partial charge in [-0.25, -0.2) is 0 Å². The molecule has 0 aliphatic rings. The molecule has 3 nitrogen and oxygen atoms in total. The fourth-order valence-electron chi connectivity index (χ4n) is 1.94. The van der Waals surface area contributed by atoms with E-state index in [1.165, 1.54) is 0 Å². The van der Waals surface area contributed by atoms with E-state index in [0.717, 1.165) is 22.8 Å². The largest absolute Gasteiger partial charge is 0.492 e. The number of hydrogen-bond acceptors (Lipinski definition) is 3. The third kappa shape index (κ3) is 5.11. The second kappa shape index (κ2) is 8.49. The molecule has 0 aliphatic carbocycles. The Balaban J connectivity index is 1.70. The lowest BCUT2D eigenvalue weighted by atomic mass is 10.2. The van der Waals surface area contributed by atoms with Gasteiger partial charge < -0.3 is 10.1 Å². The standard InChI is InChI=1S/C18H21NO2S/c1-14-8-6-7-11-17(14)21-12-13-22-15(2)18(20)19-16-9-4-3-5-10-16/h3-11,15H,12-13H2,1-2H3,(H,19,20). The van der Waals surface area contributed by atoms with Crippen LogP contribution in [-0.2, 0) is 4.79 Å². The van der Waals surface area contributed by atoms with Gasteiger partial charge in [-0.2, -0.15) is 0 Å². The van der Waals surface area contributed by atoms with Crippen molar-refractivity contribution in [3.05, 3.63) is 60.2 Å². The molecular weight excluding hydrogens is 294 g/mol. The summed E-state index contributed by atoms with van der Waals surface area (Å²) in [5, 5.41) is 2.80. The molecule has 1 N–H and O–H groups in total. The van der Waals surface area contributed by atoms with Crippen LogP contribution in [-0.4, -0.2) is 23.5 Å². The maximum atomic E-state index is 12.1. The van der Waals surface area contributed by atoms with Gasteiger partial charge in [-0.15, -0.1) is 11.8 Å². The molecule has 1 atom stereocenters. The van der Waals surface area contributed by atoms with E-state index in [2.05, 4.69) is 5.32 Å². The molecule has 0 aromatic heterocycles. The highest BCUT2D eigenvalue weighted by Gasteiger charge is 2.13. The number of nitrogens with one attached hydrogen (secondary N) is 1. The third-order valence-electron chi connectivity index (χ3n) is 3.21. The van der Waals surface area contributed by atoms with Gasteiger partial charge in [-0.05, 0) is 37.6 Å². The van der Waals surface area contributed by atoms with E-state index < -0.39 is 0 Å². The molecule has 0 bridgehead atoms. The van der Waals surface area contributed by atoms with E-state index in [-0.39, 0.29) is 11.2 Å². The summed E-state index contributed by atoms with van der Waals surface area (Å²) in [6.45, 7) is 4.54. The van der Waals surface area contributed by atoms with E-state index in [1.54, 1.807) is 11.8 Å². The van der Waals surface area contributed by atoms with Gasteiger partial charge in [0.1, 0.15) is 5.75 Å². The van der Waals surface area contributed by atoms with Crippen molar-refractivity contribution >= 4 is 23.4 Å². The van der Waals surface area contributed by atoms with Crippen LogP contribution in [0.15, 0.2) is 54.6 Å². The summed E-state index contributed by atoms with van der Waals surface area (Å²) in [4.78, 5) is 12.1. The van der Waals surface area contributed by atoms with Gasteiger partial charge in [0.15, 0.2) is 0 Å². The molecule has 0 spiro atoms. The van der Waals surface area contributed by atoms with Crippen LogP contribution in [0.2, 0.25) is 0 Å². The molecule has 2 aromatic rings. The number of hydrogen-bond donors (Lipinski definition) is 1. The molecule has 4 heteroatoms. The van der Waals surface area contributed by atoms with E-state index in [9.17, 15) is 4.79 Å². The minimum absolute atomic E-state index is 0.0205. The van der Waals surface area contributed by atoms with Gasteiger partial charge in [-0.1, -0.05) is 36.4 Å². The number of aryl methyl sites for hydroxylation is 1. The highest BCUT2D eigenvalue weighted by atomic mass is 32.2. The lowest BCUT2D eigenvalue weighted by Crippen LogP contribution is -2.23. The van der Waals surface area contributed by atoms with Crippen molar-refractivity contribution in [2.75, 3.05) is 17.7 Å². The van der Waals surface area contributed by atoms with Crippen LogP contribution in [0.4, 0.5) is 5.69 Å². The molecule has 0 saturated heterocycles. The Hall–Kier alpha value is -1.94. The molecule has 0 heterocycles. The Kier molecular flexibility index (Phi) is 6.34. The number of para-hydroxylation sites is 2. The average molecular weight is 315 g/mol. The number of carbonyl (C=O) groups is 1. The first-order valence-electron chi connectivity index (χ1n) is 7.33. The van der Waals surface area contributed by atoms with Crippen molar-refractivity contribution in [1.82, 2.24) is 0 Å². The lowest BCUT2D eigenvalue weighted by Gasteiger charge is -2.13. The summed E-state index contributed by atoms with van der Waals surface area (Å²) < 4.78 is 5.73. The van der Waals surface area contributed by atoms with Crippen LogP contribution in [0.3, 0.4) is 0 Å². The molecule has 2 rings (SSSR count). The van der Waals surface area contributed by atoms with E-state index in [4.69, 9.17) is 4.74 Å². The van der Waals surface area contributed by atoms with Crippen molar-refractivity contribution in [2.45, 2.75) is 19.1 Å². The zero-order valence-corrected chi connectivity index (χ0v) is 13.7. The monoisotopic (exact) mass is 315 g/mol. The Labute approximate surface area is 136 Å². The molecular formula is C18H21NO2S. The van der Waals surface area contributed by atoms with Crippen molar-refractivity contribution < 1.29 is 9.53 Å². The zero-order chi connectivity index (χ0) is 15.8. The number of benzene rings is 2. The summed E-state index contributed by atoms with van der Waals surface area (Å²) in [5.41, 5.74) is 1.96. The number of amides is 1. The summed E-state index contributed by atoms with van der Waals surface area (Å²) in [6, 6.07) is 17.5. The van der Waals surface area contributed by atoms with Crippen LogP contribution in [0.5, 0.6) is 5.75 Å². The number of rotatable bonds is 7. The first-order valence-corrected chi connectivity index (χ1v) is 8.37. The predicted molar refractivity (Wildman–Crippen MR) is 93.7 cm³/mol. The predicted octanol–water partition coefficient (Wildman–Crippen LogP) is 4.13. The molecule has 0 fully saturated rings. The lowest BCUT2D eigenvalue weighted by molar-refractivity contribution is -0.115. The Bertz CT molecular complexity index is 601. The number of thioether (sulfide) groups is 1. The van der Waals surface area contributed by atoms with Gasteiger partial charge in [0.2, 0.25) is 5.91 Å². The Morgan fingerprint density at radius 2 is 1.82 bits per heavy atom. The van der Waals surface area contributed by atoms with Crippen LogP contribution < -0.4 is 10.1 Å². The quantitative estimate of drug-likeness (QED) is 0.781. The summed E-state index contributed by atoms with van der Waals surface area (Å²) >= 11 is 1.59. The van der Waals surface area contributed by atoms with Crippen LogP contribution in [0.1, 0.15) is 12.5 Å². The van der Waals surface area contributed by atoms with Gasteiger partial charge in [0.05, 0.1) is 11.9 Å². The summed E-state index contributed by atoms with van der Waals surface area (Å²) in [6.07, 6.45) is 0.